The van der Waals surface area contributed by atoms with Gasteiger partial charge in [0.25, 0.3) is 0 Å². The summed E-state index contributed by atoms with van der Waals surface area (Å²) in [4.78, 5) is 26.9. The van der Waals surface area contributed by atoms with Crippen molar-refractivity contribution < 1.29 is 24.5 Å². The topological polar surface area (TPSA) is 90.3 Å². The van der Waals surface area contributed by atoms with E-state index in [1.54, 1.807) is 9.80 Å². The number of aliphatic hydroxyl groups is 1. The Labute approximate surface area is 125 Å². The Morgan fingerprint density at radius 1 is 1.38 bits per heavy atom. The lowest BCUT2D eigenvalue weighted by molar-refractivity contribution is -0.139. The summed E-state index contributed by atoms with van der Waals surface area (Å²) in [6, 6.07) is -0.593. The normalized spacial score (nSPS) is 18.9. The Kier molecular flexibility index (Phi) is 7.45. The first-order valence-electron chi connectivity index (χ1n) is 7.52. The summed E-state index contributed by atoms with van der Waals surface area (Å²) in [5.41, 5.74) is 0. The molecule has 1 atom stereocenters. The first-order chi connectivity index (χ1) is 10.0. The van der Waals surface area contributed by atoms with Crippen LogP contribution in [0, 0.1) is 0 Å². The van der Waals surface area contributed by atoms with Gasteiger partial charge in [-0.2, -0.15) is 0 Å². The second kappa shape index (κ2) is 8.84. The molecule has 1 rings (SSSR count). The molecule has 1 aliphatic rings. The number of urea groups is 1. The fourth-order valence-electron chi connectivity index (χ4n) is 2.71. The fraction of sp³-hybridized carbons (Fsp3) is 0.857. The molecule has 1 unspecified atom stereocenters. The van der Waals surface area contributed by atoms with Gasteiger partial charge in [0.15, 0.2) is 0 Å². The predicted octanol–water partition coefficient (Wildman–Crippen LogP) is 0.765. The molecule has 0 aliphatic carbocycles. The van der Waals surface area contributed by atoms with E-state index in [4.69, 9.17) is 9.84 Å². The largest absolute Gasteiger partial charge is 0.481 e. The Balaban J connectivity index is 2.85. The standard InChI is InChI=1S/C14H26N2O5/c1-3-11(4-2)15(5-7-17)14(20)16-6-8-21-10-12(16)9-13(18)19/h11-12,17H,3-10H2,1-2H3,(H,18,19). The third kappa shape index (κ3) is 4.86. The molecule has 21 heavy (non-hydrogen) atoms. The number of carbonyl (C=O) groups is 2. The summed E-state index contributed by atoms with van der Waals surface area (Å²) < 4.78 is 5.29. The van der Waals surface area contributed by atoms with Crippen LogP contribution in [-0.4, -0.2) is 77.0 Å². The summed E-state index contributed by atoms with van der Waals surface area (Å²) >= 11 is 0. The van der Waals surface area contributed by atoms with E-state index in [2.05, 4.69) is 0 Å². The average molecular weight is 302 g/mol. The molecule has 0 bridgehead atoms. The maximum absolute atomic E-state index is 12.7. The minimum atomic E-state index is -0.945. The van der Waals surface area contributed by atoms with Crippen molar-refractivity contribution in [3.05, 3.63) is 0 Å². The van der Waals surface area contributed by atoms with Crippen LogP contribution in [0.5, 0.6) is 0 Å². The molecule has 1 aliphatic heterocycles. The van der Waals surface area contributed by atoms with Crippen LogP contribution < -0.4 is 0 Å². The second-order valence-electron chi connectivity index (χ2n) is 5.19. The first kappa shape index (κ1) is 17.7. The number of rotatable bonds is 7. The van der Waals surface area contributed by atoms with E-state index < -0.39 is 12.0 Å². The van der Waals surface area contributed by atoms with Crippen LogP contribution >= 0.6 is 0 Å². The summed E-state index contributed by atoms with van der Waals surface area (Å²) in [5, 5.41) is 18.2. The summed E-state index contributed by atoms with van der Waals surface area (Å²) in [6.45, 7) is 5.21. The van der Waals surface area contributed by atoms with Crippen molar-refractivity contribution in [2.45, 2.75) is 45.2 Å². The Morgan fingerprint density at radius 2 is 2.05 bits per heavy atom. The van der Waals surface area contributed by atoms with Crippen molar-refractivity contribution in [1.29, 1.82) is 0 Å². The lowest BCUT2D eigenvalue weighted by Gasteiger charge is -2.40. The van der Waals surface area contributed by atoms with E-state index in [0.29, 0.717) is 13.2 Å². The van der Waals surface area contributed by atoms with Gasteiger partial charge in [-0.05, 0) is 12.8 Å². The Hall–Kier alpha value is -1.34. The molecule has 1 fully saturated rings. The number of carboxylic acid groups (broad SMARTS) is 1. The van der Waals surface area contributed by atoms with Crippen LogP contribution in [0.2, 0.25) is 0 Å². The summed E-state index contributed by atoms with van der Waals surface area (Å²) in [7, 11) is 0. The van der Waals surface area contributed by atoms with Gasteiger partial charge < -0.3 is 24.7 Å². The molecule has 1 heterocycles. The molecule has 0 aromatic rings. The smallest absolute Gasteiger partial charge is 0.320 e. The van der Waals surface area contributed by atoms with Gasteiger partial charge in [0.2, 0.25) is 0 Å². The first-order valence-corrected chi connectivity index (χ1v) is 7.52. The second-order valence-corrected chi connectivity index (χ2v) is 5.19. The average Bonchev–Trinajstić information content (AvgIpc) is 2.47. The van der Waals surface area contributed by atoms with Gasteiger partial charge in [-0.1, -0.05) is 13.8 Å². The number of aliphatic carboxylic acids is 1. The highest BCUT2D eigenvalue weighted by atomic mass is 16.5. The highest BCUT2D eigenvalue weighted by molar-refractivity contribution is 5.76. The van der Waals surface area contributed by atoms with Crippen molar-refractivity contribution in [3.8, 4) is 0 Å². The number of morpholine rings is 1. The molecule has 0 spiro atoms. The van der Waals surface area contributed by atoms with Gasteiger partial charge in [-0.15, -0.1) is 0 Å². The van der Waals surface area contributed by atoms with Crippen molar-refractivity contribution in [3.63, 3.8) is 0 Å². The minimum absolute atomic E-state index is 0.0537. The number of aliphatic hydroxyl groups excluding tert-OH is 1. The molecule has 122 valence electrons. The van der Waals surface area contributed by atoms with Gasteiger partial charge >= 0.3 is 12.0 Å². The molecule has 2 amide bonds. The van der Waals surface area contributed by atoms with E-state index in [0.717, 1.165) is 12.8 Å². The molecule has 1 saturated heterocycles. The maximum Gasteiger partial charge on any atom is 0.320 e. The molecule has 0 radical (unpaired) electrons. The number of nitrogens with zero attached hydrogens (tertiary/aromatic N) is 2. The monoisotopic (exact) mass is 302 g/mol. The fourth-order valence-corrected chi connectivity index (χ4v) is 2.71. The van der Waals surface area contributed by atoms with Crippen LogP contribution in [-0.2, 0) is 9.53 Å². The SMILES string of the molecule is CCC(CC)N(CCO)C(=O)N1CCOCC1CC(=O)O. The Morgan fingerprint density at radius 3 is 2.57 bits per heavy atom. The van der Waals surface area contributed by atoms with Crippen molar-refractivity contribution in [1.82, 2.24) is 9.80 Å². The van der Waals surface area contributed by atoms with E-state index in [1.807, 2.05) is 13.8 Å². The lowest BCUT2D eigenvalue weighted by atomic mass is 10.1. The van der Waals surface area contributed by atoms with Gasteiger partial charge in [-0.25, -0.2) is 4.79 Å². The van der Waals surface area contributed by atoms with E-state index >= 15 is 0 Å². The van der Waals surface area contributed by atoms with Crippen LogP contribution in [0.15, 0.2) is 0 Å². The molecular weight excluding hydrogens is 276 g/mol. The summed E-state index contributed by atoms with van der Waals surface area (Å²) in [6.07, 6.45) is 1.48. The highest BCUT2D eigenvalue weighted by Gasteiger charge is 2.33. The molecule has 0 saturated carbocycles. The summed E-state index contributed by atoms with van der Waals surface area (Å²) in [5.74, 6) is -0.945. The molecule has 0 aromatic heterocycles. The zero-order chi connectivity index (χ0) is 15.8. The number of carboxylic acids is 1. The van der Waals surface area contributed by atoms with Gasteiger partial charge in [0.05, 0.1) is 32.3 Å². The molecular formula is C14H26N2O5. The quantitative estimate of drug-likeness (QED) is 0.725. The number of carbonyl (C=O) groups excluding carboxylic acids is 1. The van der Waals surface area contributed by atoms with Crippen molar-refractivity contribution in [2.75, 3.05) is 32.9 Å². The van der Waals surface area contributed by atoms with Gasteiger partial charge in [-0.3, -0.25) is 4.79 Å². The molecule has 2 N–H and O–H groups in total. The number of hydrogen-bond donors (Lipinski definition) is 2. The van der Waals surface area contributed by atoms with Gasteiger partial charge in [0.1, 0.15) is 0 Å². The Bertz CT molecular complexity index is 346. The number of amides is 2. The highest BCUT2D eigenvalue weighted by Crippen LogP contribution is 2.17. The zero-order valence-electron chi connectivity index (χ0n) is 12.8. The number of hydrogen-bond acceptors (Lipinski definition) is 4. The van der Waals surface area contributed by atoms with Crippen LogP contribution in [0.1, 0.15) is 33.1 Å². The third-order valence-electron chi connectivity index (χ3n) is 3.85. The zero-order valence-corrected chi connectivity index (χ0v) is 12.8. The molecule has 7 heteroatoms. The van der Waals surface area contributed by atoms with E-state index in [9.17, 15) is 14.7 Å². The maximum atomic E-state index is 12.7. The third-order valence-corrected chi connectivity index (χ3v) is 3.85. The molecule has 0 aromatic carbocycles. The van der Waals surface area contributed by atoms with Crippen LogP contribution in [0.3, 0.4) is 0 Å². The minimum Gasteiger partial charge on any atom is -0.481 e. The molecule has 7 nitrogen and oxygen atoms in total. The lowest BCUT2D eigenvalue weighted by Crippen LogP contribution is -2.56. The van der Waals surface area contributed by atoms with Crippen LogP contribution in [0.25, 0.3) is 0 Å². The van der Waals surface area contributed by atoms with E-state index in [1.165, 1.54) is 0 Å². The predicted molar refractivity (Wildman–Crippen MR) is 77.1 cm³/mol. The van der Waals surface area contributed by atoms with Crippen LogP contribution in [0.4, 0.5) is 4.79 Å². The van der Waals surface area contributed by atoms with Crippen molar-refractivity contribution >= 4 is 12.0 Å². The number of ether oxygens (including phenoxy) is 1. The van der Waals surface area contributed by atoms with Crippen molar-refractivity contribution in [2.24, 2.45) is 0 Å². The van der Waals surface area contributed by atoms with E-state index in [-0.39, 0.29) is 38.3 Å². The van der Waals surface area contributed by atoms with Gasteiger partial charge in [0, 0.05) is 19.1 Å².